The predicted molar refractivity (Wildman–Crippen MR) is 88.5 cm³/mol. The van der Waals surface area contributed by atoms with Gasteiger partial charge in [0, 0.05) is 13.1 Å². The van der Waals surface area contributed by atoms with Crippen LogP contribution in [0.2, 0.25) is 0 Å². The fourth-order valence-corrected chi connectivity index (χ4v) is 4.58. The molecule has 1 atom stereocenters. The zero-order valence-corrected chi connectivity index (χ0v) is 14.8. The molecule has 0 bridgehead atoms. The van der Waals surface area contributed by atoms with E-state index in [0.717, 1.165) is 25.9 Å². The van der Waals surface area contributed by atoms with Crippen LogP contribution in [0.3, 0.4) is 0 Å². The van der Waals surface area contributed by atoms with E-state index >= 15 is 0 Å². The van der Waals surface area contributed by atoms with Crippen LogP contribution < -0.4 is 10.0 Å². The minimum Gasteiger partial charge on any atom is -0.316 e. The van der Waals surface area contributed by atoms with Crippen molar-refractivity contribution in [1.82, 2.24) is 10.0 Å². The molecule has 1 aliphatic heterocycles. The van der Waals surface area contributed by atoms with Crippen molar-refractivity contribution in [2.24, 2.45) is 5.41 Å². The number of rotatable bonds is 4. The fourth-order valence-electron chi connectivity index (χ4n) is 2.93. The first-order valence-corrected chi connectivity index (χ1v) is 8.69. The van der Waals surface area contributed by atoms with Crippen LogP contribution in [0.25, 0.3) is 0 Å². The number of hydrogen-bond donors (Lipinski definition) is 2. The summed E-state index contributed by atoms with van der Waals surface area (Å²) in [5.41, 5.74) is 0.798. The number of sulfonamides is 1. The molecule has 1 unspecified atom stereocenters. The van der Waals surface area contributed by atoms with E-state index in [2.05, 4.69) is 17.0 Å². The molecular formula is C15H24ClFN2O2S. The van der Waals surface area contributed by atoms with Crippen molar-refractivity contribution >= 4 is 22.4 Å². The summed E-state index contributed by atoms with van der Waals surface area (Å²) in [5, 5.41) is 3.30. The maximum Gasteiger partial charge on any atom is 0.241 e. The van der Waals surface area contributed by atoms with E-state index in [-0.39, 0.29) is 22.7 Å². The molecule has 22 heavy (non-hydrogen) atoms. The van der Waals surface area contributed by atoms with Gasteiger partial charge in [0.2, 0.25) is 10.0 Å². The summed E-state index contributed by atoms with van der Waals surface area (Å²) >= 11 is 0. The average Bonchev–Trinajstić information content (AvgIpc) is 2.36. The van der Waals surface area contributed by atoms with Gasteiger partial charge in [-0.2, -0.15) is 0 Å². The lowest BCUT2D eigenvalue weighted by molar-refractivity contribution is 0.238. The third-order valence-corrected chi connectivity index (χ3v) is 5.77. The van der Waals surface area contributed by atoms with Crippen LogP contribution in [-0.4, -0.2) is 28.1 Å². The van der Waals surface area contributed by atoms with Crippen LogP contribution in [-0.2, 0) is 10.0 Å². The lowest BCUT2D eigenvalue weighted by atomic mass is 9.83. The SMILES string of the molecule is Cc1cc(F)cc(C)c1S(=O)(=O)NCC1(C)CCCNC1.Cl. The summed E-state index contributed by atoms with van der Waals surface area (Å²) in [5.74, 6) is -0.410. The van der Waals surface area contributed by atoms with Gasteiger partial charge >= 0.3 is 0 Å². The van der Waals surface area contributed by atoms with Crippen LogP contribution in [0.5, 0.6) is 0 Å². The largest absolute Gasteiger partial charge is 0.316 e. The Morgan fingerprint density at radius 3 is 2.41 bits per heavy atom. The smallest absolute Gasteiger partial charge is 0.241 e. The van der Waals surface area contributed by atoms with Gasteiger partial charge in [0.25, 0.3) is 0 Å². The van der Waals surface area contributed by atoms with Crippen molar-refractivity contribution in [1.29, 1.82) is 0 Å². The molecule has 1 aromatic carbocycles. The second kappa shape index (κ2) is 7.25. The molecule has 1 aliphatic rings. The topological polar surface area (TPSA) is 58.2 Å². The molecule has 2 N–H and O–H groups in total. The van der Waals surface area contributed by atoms with Crippen molar-refractivity contribution in [2.45, 2.75) is 38.5 Å². The molecule has 2 rings (SSSR count). The van der Waals surface area contributed by atoms with E-state index < -0.39 is 15.8 Å². The molecule has 4 nitrogen and oxygen atoms in total. The Morgan fingerprint density at radius 2 is 1.91 bits per heavy atom. The third-order valence-electron chi connectivity index (χ3n) is 4.07. The molecule has 0 aromatic heterocycles. The van der Waals surface area contributed by atoms with E-state index in [9.17, 15) is 12.8 Å². The second-order valence-corrected chi connectivity index (χ2v) is 7.99. The summed E-state index contributed by atoms with van der Waals surface area (Å²) in [7, 11) is -3.62. The van der Waals surface area contributed by atoms with Crippen molar-refractivity contribution < 1.29 is 12.8 Å². The summed E-state index contributed by atoms with van der Waals surface area (Å²) in [6.45, 7) is 7.49. The molecule has 0 spiro atoms. The highest BCUT2D eigenvalue weighted by molar-refractivity contribution is 7.89. The summed E-state index contributed by atoms with van der Waals surface area (Å²) < 4.78 is 41.0. The van der Waals surface area contributed by atoms with Crippen LogP contribution in [0, 0.1) is 25.1 Å². The standard InChI is InChI=1S/C15H23FN2O2S.ClH/c1-11-7-13(16)8-12(2)14(11)21(19,20)18-10-15(3)5-4-6-17-9-15;/h7-8,17-18H,4-6,9-10H2,1-3H3;1H. The van der Waals surface area contributed by atoms with Crippen LogP contribution >= 0.6 is 12.4 Å². The Hall–Kier alpha value is -0.690. The summed E-state index contributed by atoms with van der Waals surface area (Å²) in [4.78, 5) is 0.191. The number of aryl methyl sites for hydroxylation is 2. The van der Waals surface area contributed by atoms with Gasteiger partial charge in [-0.05, 0) is 61.9 Å². The Bertz CT molecular complexity index is 605. The maximum atomic E-state index is 13.3. The number of halogens is 2. The maximum absolute atomic E-state index is 13.3. The Labute approximate surface area is 138 Å². The molecular weight excluding hydrogens is 327 g/mol. The van der Waals surface area contributed by atoms with E-state index in [1.165, 1.54) is 12.1 Å². The molecule has 0 saturated carbocycles. The first kappa shape index (κ1) is 19.4. The molecule has 0 aliphatic carbocycles. The average molecular weight is 351 g/mol. The van der Waals surface area contributed by atoms with E-state index in [0.29, 0.717) is 17.7 Å². The second-order valence-electron chi connectivity index (χ2n) is 6.28. The van der Waals surface area contributed by atoms with E-state index in [1.807, 2.05) is 0 Å². The monoisotopic (exact) mass is 350 g/mol. The Kier molecular flexibility index (Phi) is 6.38. The number of hydrogen-bond acceptors (Lipinski definition) is 3. The Balaban J connectivity index is 0.00000242. The van der Waals surface area contributed by atoms with Crippen molar-refractivity contribution in [3.05, 3.63) is 29.1 Å². The number of piperidine rings is 1. The highest BCUT2D eigenvalue weighted by Gasteiger charge is 2.29. The predicted octanol–water partition coefficient (Wildman–Crippen LogP) is 2.53. The molecule has 1 heterocycles. The molecule has 7 heteroatoms. The molecule has 1 saturated heterocycles. The van der Waals surface area contributed by atoms with Crippen molar-refractivity contribution in [3.63, 3.8) is 0 Å². The molecule has 0 amide bonds. The third kappa shape index (κ3) is 4.41. The van der Waals surface area contributed by atoms with Gasteiger partial charge in [-0.15, -0.1) is 12.4 Å². The normalized spacial score (nSPS) is 22.2. The minimum atomic E-state index is -3.62. The lowest BCUT2D eigenvalue weighted by Crippen LogP contribution is -2.45. The summed E-state index contributed by atoms with van der Waals surface area (Å²) in [6, 6.07) is 2.51. The first-order chi connectivity index (χ1) is 9.73. The van der Waals surface area contributed by atoms with Crippen LogP contribution in [0.15, 0.2) is 17.0 Å². The minimum absolute atomic E-state index is 0. The van der Waals surface area contributed by atoms with Crippen molar-refractivity contribution in [3.8, 4) is 0 Å². The molecule has 1 fully saturated rings. The molecule has 0 radical (unpaired) electrons. The van der Waals surface area contributed by atoms with Gasteiger partial charge in [-0.25, -0.2) is 17.5 Å². The van der Waals surface area contributed by atoms with Gasteiger partial charge < -0.3 is 5.32 Å². The number of nitrogens with one attached hydrogen (secondary N) is 2. The number of benzene rings is 1. The van der Waals surface area contributed by atoms with Crippen LogP contribution in [0.1, 0.15) is 30.9 Å². The first-order valence-electron chi connectivity index (χ1n) is 7.21. The van der Waals surface area contributed by atoms with E-state index in [4.69, 9.17) is 0 Å². The van der Waals surface area contributed by atoms with Gasteiger partial charge in [0.05, 0.1) is 4.90 Å². The van der Waals surface area contributed by atoms with Crippen LogP contribution in [0.4, 0.5) is 4.39 Å². The molecule has 1 aromatic rings. The fraction of sp³-hybridized carbons (Fsp3) is 0.600. The summed E-state index contributed by atoms with van der Waals surface area (Å²) in [6.07, 6.45) is 2.04. The highest BCUT2D eigenvalue weighted by atomic mass is 35.5. The molecule has 126 valence electrons. The van der Waals surface area contributed by atoms with Gasteiger partial charge in [-0.1, -0.05) is 6.92 Å². The zero-order valence-electron chi connectivity index (χ0n) is 13.2. The highest BCUT2D eigenvalue weighted by Crippen LogP contribution is 2.26. The Morgan fingerprint density at radius 1 is 1.32 bits per heavy atom. The lowest BCUT2D eigenvalue weighted by Gasteiger charge is -2.34. The van der Waals surface area contributed by atoms with Gasteiger partial charge in [-0.3, -0.25) is 0 Å². The van der Waals surface area contributed by atoms with Crippen molar-refractivity contribution in [2.75, 3.05) is 19.6 Å². The van der Waals surface area contributed by atoms with E-state index in [1.54, 1.807) is 13.8 Å². The van der Waals surface area contributed by atoms with Gasteiger partial charge in [0.1, 0.15) is 5.82 Å². The van der Waals surface area contributed by atoms with Gasteiger partial charge in [0.15, 0.2) is 0 Å². The zero-order chi connectivity index (χ0) is 15.7. The quantitative estimate of drug-likeness (QED) is 0.877.